The number of benzene rings is 2. The van der Waals surface area contributed by atoms with Crippen molar-refractivity contribution in [2.24, 2.45) is 0 Å². The van der Waals surface area contributed by atoms with E-state index in [0.29, 0.717) is 55.5 Å². The first-order chi connectivity index (χ1) is 19.4. The molecule has 2 fully saturated rings. The van der Waals surface area contributed by atoms with Crippen molar-refractivity contribution >= 4 is 40.8 Å². The molecule has 2 unspecified atom stereocenters. The van der Waals surface area contributed by atoms with Crippen LogP contribution in [0, 0.1) is 11.3 Å². The Balaban J connectivity index is 1.24. The maximum atomic E-state index is 12.0. The molecule has 6 rings (SSSR count). The van der Waals surface area contributed by atoms with Gasteiger partial charge in [-0.1, -0.05) is 52.1 Å². The highest BCUT2D eigenvalue weighted by Crippen LogP contribution is 2.61. The Bertz CT molecular complexity index is 1660. The number of hydrogen-bond acceptors (Lipinski definition) is 7. The van der Waals surface area contributed by atoms with Gasteiger partial charge in [-0.25, -0.2) is 4.79 Å². The molecule has 0 aliphatic heterocycles. The topological polar surface area (TPSA) is 98.2 Å². The molecule has 2 aromatic carbocycles. The molecule has 2 heterocycles. The van der Waals surface area contributed by atoms with E-state index < -0.39 is 11.4 Å². The van der Waals surface area contributed by atoms with Crippen molar-refractivity contribution < 1.29 is 18.8 Å². The number of carbonyl (C=O) groups is 1. The lowest BCUT2D eigenvalue weighted by molar-refractivity contribution is 0.0600. The average molecular weight is 595 g/mol. The summed E-state index contributed by atoms with van der Waals surface area (Å²) in [5.74, 6) is 0.992. The second-order valence-corrected chi connectivity index (χ2v) is 11.2. The van der Waals surface area contributed by atoms with E-state index in [-0.39, 0.29) is 12.5 Å². The standard InChI is InChI=1S/C30H22Cl3N3O4/c1-38-29(37)17-9-18(13-35-12-17)30(15-34)11-22(30)20-8-7-19(10-25(20)33)39-14-21-27(36-40-28(21)16-5-6-16)26-23(31)3-2-4-24(26)32/h2-4,7-10,12-13,16,22H,5-6,11,14H2,1H3. The summed E-state index contributed by atoms with van der Waals surface area (Å²) < 4.78 is 16.7. The fourth-order valence-electron chi connectivity index (χ4n) is 5.14. The summed E-state index contributed by atoms with van der Waals surface area (Å²) in [6.07, 6.45) is 5.65. The lowest BCUT2D eigenvalue weighted by Crippen LogP contribution is -2.10. The average Bonchev–Trinajstić information content (AvgIpc) is 3.89. The monoisotopic (exact) mass is 593 g/mol. The van der Waals surface area contributed by atoms with Gasteiger partial charge in [-0.2, -0.15) is 5.26 Å². The van der Waals surface area contributed by atoms with E-state index in [1.54, 1.807) is 36.5 Å². The van der Waals surface area contributed by atoms with Crippen LogP contribution in [0.5, 0.6) is 5.75 Å². The molecule has 40 heavy (non-hydrogen) atoms. The van der Waals surface area contributed by atoms with E-state index in [1.165, 1.54) is 13.3 Å². The van der Waals surface area contributed by atoms with Crippen molar-refractivity contribution in [2.45, 2.75) is 43.1 Å². The number of halogens is 3. The second kappa shape index (κ2) is 10.4. The molecule has 0 radical (unpaired) electrons. The summed E-state index contributed by atoms with van der Waals surface area (Å²) in [4.78, 5) is 16.1. The first-order valence-corrected chi connectivity index (χ1v) is 13.8. The van der Waals surface area contributed by atoms with Crippen LogP contribution < -0.4 is 4.74 Å². The molecule has 202 valence electrons. The number of nitriles is 1. The minimum Gasteiger partial charge on any atom is -0.489 e. The van der Waals surface area contributed by atoms with E-state index in [4.69, 9.17) is 48.8 Å². The zero-order chi connectivity index (χ0) is 28.0. The maximum absolute atomic E-state index is 12.0. The van der Waals surface area contributed by atoms with Crippen molar-refractivity contribution in [1.29, 1.82) is 5.26 Å². The molecule has 10 heteroatoms. The van der Waals surface area contributed by atoms with Crippen LogP contribution in [0.15, 0.2) is 59.4 Å². The van der Waals surface area contributed by atoms with Crippen LogP contribution in [0.3, 0.4) is 0 Å². The lowest BCUT2D eigenvalue weighted by atomic mass is 9.92. The lowest BCUT2D eigenvalue weighted by Gasteiger charge is -2.13. The Kier molecular flexibility index (Phi) is 6.95. The highest BCUT2D eigenvalue weighted by atomic mass is 35.5. The van der Waals surface area contributed by atoms with Gasteiger partial charge in [-0.15, -0.1) is 0 Å². The van der Waals surface area contributed by atoms with Gasteiger partial charge < -0.3 is 14.0 Å². The van der Waals surface area contributed by atoms with Crippen molar-refractivity contribution in [3.8, 4) is 23.1 Å². The van der Waals surface area contributed by atoms with Crippen LogP contribution in [0.4, 0.5) is 0 Å². The third-order valence-corrected chi connectivity index (χ3v) is 8.49. The number of pyridine rings is 1. The Labute approximate surface area is 245 Å². The summed E-state index contributed by atoms with van der Waals surface area (Å²) in [6.45, 7) is 0.194. The molecule has 2 atom stereocenters. The first kappa shape index (κ1) is 26.6. The van der Waals surface area contributed by atoms with Crippen LogP contribution in [-0.2, 0) is 16.8 Å². The highest BCUT2D eigenvalue weighted by molar-refractivity contribution is 6.39. The van der Waals surface area contributed by atoms with Gasteiger partial charge in [0.1, 0.15) is 23.8 Å². The fraction of sp³-hybridized carbons (Fsp3) is 0.267. The third-order valence-electron chi connectivity index (χ3n) is 7.53. The number of aromatic nitrogens is 2. The van der Waals surface area contributed by atoms with E-state index in [1.807, 2.05) is 12.1 Å². The minimum absolute atomic E-state index is 0.151. The molecular weight excluding hydrogens is 573 g/mol. The minimum atomic E-state index is -0.826. The number of hydrogen-bond donors (Lipinski definition) is 0. The molecule has 2 aliphatic rings. The fourth-order valence-corrected chi connectivity index (χ4v) is 6.02. The summed E-state index contributed by atoms with van der Waals surface area (Å²) >= 11 is 19.7. The number of nitrogens with zero attached hydrogens (tertiary/aromatic N) is 3. The smallest absolute Gasteiger partial charge is 0.339 e. The number of methoxy groups -OCH3 is 1. The quantitative estimate of drug-likeness (QED) is 0.191. The SMILES string of the molecule is COC(=O)c1cncc(C2(C#N)CC2c2ccc(OCc3c(-c4c(Cl)cccc4Cl)noc3C3CC3)cc2Cl)c1. The molecule has 0 bridgehead atoms. The van der Waals surface area contributed by atoms with Gasteiger partial charge in [0, 0.05) is 34.8 Å². The molecule has 2 aromatic heterocycles. The van der Waals surface area contributed by atoms with Crippen LogP contribution in [0.25, 0.3) is 11.3 Å². The van der Waals surface area contributed by atoms with Crippen LogP contribution in [0.2, 0.25) is 15.1 Å². The number of carbonyl (C=O) groups excluding carboxylic acids is 1. The van der Waals surface area contributed by atoms with Gasteiger partial charge in [0.15, 0.2) is 0 Å². The third kappa shape index (κ3) is 4.71. The molecule has 0 N–H and O–H groups in total. The van der Waals surface area contributed by atoms with Crippen molar-refractivity contribution in [3.05, 3.63) is 97.9 Å². The van der Waals surface area contributed by atoms with Gasteiger partial charge >= 0.3 is 5.97 Å². The molecule has 2 aliphatic carbocycles. The van der Waals surface area contributed by atoms with Crippen molar-refractivity contribution in [2.75, 3.05) is 7.11 Å². The van der Waals surface area contributed by atoms with Gasteiger partial charge in [-0.3, -0.25) is 4.98 Å². The summed E-state index contributed by atoms with van der Waals surface area (Å²) in [6, 6.07) is 14.8. The molecular formula is C30H22Cl3N3O4. The van der Waals surface area contributed by atoms with Gasteiger partial charge in [-0.05, 0) is 60.7 Å². The van der Waals surface area contributed by atoms with Crippen LogP contribution in [0.1, 0.15) is 63.9 Å². The Morgan fingerprint density at radius 1 is 1.12 bits per heavy atom. The summed E-state index contributed by atoms with van der Waals surface area (Å²) in [7, 11) is 1.31. The van der Waals surface area contributed by atoms with Crippen molar-refractivity contribution in [3.63, 3.8) is 0 Å². The van der Waals surface area contributed by atoms with E-state index in [2.05, 4.69) is 16.2 Å². The van der Waals surface area contributed by atoms with E-state index in [9.17, 15) is 10.1 Å². The number of ether oxygens (including phenoxy) is 2. The first-order valence-electron chi connectivity index (χ1n) is 12.7. The predicted molar refractivity (Wildman–Crippen MR) is 150 cm³/mol. The van der Waals surface area contributed by atoms with Crippen LogP contribution in [-0.4, -0.2) is 23.2 Å². The van der Waals surface area contributed by atoms with Crippen molar-refractivity contribution in [1.82, 2.24) is 10.1 Å². The highest BCUT2D eigenvalue weighted by Gasteiger charge is 2.58. The Hall–Kier alpha value is -3.57. The molecule has 0 amide bonds. The second-order valence-electron chi connectivity index (χ2n) is 10.0. The molecule has 2 saturated carbocycles. The zero-order valence-corrected chi connectivity index (χ0v) is 23.6. The summed E-state index contributed by atoms with van der Waals surface area (Å²) in [5.41, 5.74) is 2.94. The molecule has 7 nitrogen and oxygen atoms in total. The Morgan fingerprint density at radius 2 is 1.90 bits per heavy atom. The van der Waals surface area contributed by atoms with Gasteiger partial charge in [0.05, 0.1) is 39.8 Å². The predicted octanol–water partition coefficient (Wildman–Crippen LogP) is 7.89. The van der Waals surface area contributed by atoms with Gasteiger partial charge in [0.25, 0.3) is 0 Å². The van der Waals surface area contributed by atoms with Gasteiger partial charge in [0.2, 0.25) is 0 Å². The van der Waals surface area contributed by atoms with E-state index in [0.717, 1.165) is 29.7 Å². The molecule has 0 spiro atoms. The largest absolute Gasteiger partial charge is 0.489 e. The van der Waals surface area contributed by atoms with E-state index >= 15 is 0 Å². The Morgan fingerprint density at radius 3 is 2.58 bits per heavy atom. The number of rotatable bonds is 8. The zero-order valence-electron chi connectivity index (χ0n) is 21.3. The molecule has 0 saturated heterocycles. The molecule has 4 aromatic rings. The van der Waals surface area contributed by atoms with Crippen LogP contribution >= 0.6 is 34.8 Å². The maximum Gasteiger partial charge on any atom is 0.339 e. The number of esters is 1. The normalized spacial score (nSPS) is 19.6. The summed E-state index contributed by atoms with van der Waals surface area (Å²) in [5, 5.41) is 15.9.